The molecule has 1 heterocycles. The first-order valence-corrected chi connectivity index (χ1v) is 10.7. The highest BCUT2D eigenvalue weighted by molar-refractivity contribution is 5.79. The fourth-order valence-electron chi connectivity index (χ4n) is 3.92. The molecule has 0 saturated heterocycles. The van der Waals surface area contributed by atoms with Crippen LogP contribution < -0.4 is 10.2 Å². The summed E-state index contributed by atoms with van der Waals surface area (Å²) >= 11 is 0. The maximum absolute atomic E-state index is 10.8. The first-order valence-electron chi connectivity index (χ1n) is 10.7. The second-order valence-electron chi connectivity index (χ2n) is 7.81. The third-order valence-corrected chi connectivity index (χ3v) is 5.47. The minimum absolute atomic E-state index is 0.321. The summed E-state index contributed by atoms with van der Waals surface area (Å²) < 4.78 is 5.46. The van der Waals surface area contributed by atoms with Crippen molar-refractivity contribution in [1.82, 2.24) is 10.5 Å². The van der Waals surface area contributed by atoms with E-state index in [9.17, 15) is 4.79 Å². The summed E-state index contributed by atoms with van der Waals surface area (Å²) in [6, 6.07) is 19.8. The van der Waals surface area contributed by atoms with E-state index >= 15 is 0 Å². The molecule has 1 aliphatic carbocycles. The number of nitrogens with zero attached hydrogens (tertiary/aromatic N) is 1. The molecule has 4 rings (SSSR count). The van der Waals surface area contributed by atoms with E-state index in [1.807, 2.05) is 66.9 Å². The normalized spacial score (nSPS) is 15.6. The fourth-order valence-corrected chi connectivity index (χ4v) is 3.92. The van der Waals surface area contributed by atoms with Gasteiger partial charge in [-0.2, -0.15) is 0 Å². The number of carboxylic acids is 1. The Morgan fingerprint density at radius 2 is 2.00 bits per heavy atom. The van der Waals surface area contributed by atoms with Crippen LogP contribution in [-0.4, -0.2) is 29.3 Å². The Kier molecular flexibility index (Phi) is 7.15. The quantitative estimate of drug-likeness (QED) is 0.491. The third kappa shape index (κ3) is 5.74. The molecule has 1 aromatic heterocycles. The summed E-state index contributed by atoms with van der Waals surface area (Å²) in [5, 5.41) is 8.88. The highest BCUT2D eigenvalue weighted by Gasteiger charge is 2.22. The van der Waals surface area contributed by atoms with Gasteiger partial charge in [0.15, 0.2) is 6.61 Å². The Labute approximate surface area is 187 Å². The summed E-state index contributed by atoms with van der Waals surface area (Å²) in [6.45, 7) is 0.245. The minimum Gasteiger partial charge on any atom is -0.482 e. The molecule has 1 unspecified atom stereocenters. The Bertz CT molecular complexity index is 1070. The van der Waals surface area contributed by atoms with E-state index < -0.39 is 5.97 Å². The second-order valence-corrected chi connectivity index (χ2v) is 7.81. The number of rotatable bonds is 9. The van der Waals surface area contributed by atoms with Crippen molar-refractivity contribution < 1.29 is 19.5 Å². The Morgan fingerprint density at radius 3 is 2.78 bits per heavy atom. The molecule has 2 N–H and O–H groups in total. The summed E-state index contributed by atoms with van der Waals surface area (Å²) in [6.07, 6.45) is 8.25. The molecule has 6 nitrogen and oxygen atoms in total. The van der Waals surface area contributed by atoms with Crippen LogP contribution in [-0.2, 0) is 22.5 Å². The lowest BCUT2D eigenvalue weighted by Gasteiger charge is -2.26. The molecule has 0 radical (unpaired) electrons. The predicted octanol–water partition coefficient (Wildman–Crippen LogP) is 4.37. The van der Waals surface area contributed by atoms with Crippen LogP contribution in [0.2, 0.25) is 0 Å². The number of aromatic nitrogens is 1. The van der Waals surface area contributed by atoms with Crippen LogP contribution in [0.25, 0.3) is 11.8 Å². The third-order valence-electron chi connectivity index (χ3n) is 5.47. The number of fused-ring (bicyclic) bond motifs is 1. The number of aliphatic carboxylic acids is 1. The summed E-state index contributed by atoms with van der Waals surface area (Å²) in [7, 11) is 0. The second kappa shape index (κ2) is 10.6. The molecule has 6 heteroatoms. The smallest absolute Gasteiger partial charge is 0.341 e. The van der Waals surface area contributed by atoms with E-state index in [1.54, 1.807) is 6.20 Å². The summed E-state index contributed by atoms with van der Waals surface area (Å²) in [4.78, 5) is 20.9. The lowest BCUT2D eigenvalue weighted by atomic mass is 9.84. The number of pyridine rings is 1. The van der Waals surface area contributed by atoms with Gasteiger partial charge in [-0.25, -0.2) is 4.79 Å². The van der Waals surface area contributed by atoms with Crippen LogP contribution in [0.15, 0.2) is 73.1 Å². The van der Waals surface area contributed by atoms with E-state index in [2.05, 4.69) is 16.5 Å². The molecule has 1 atom stereocenters. The van der Waals surface area contributed by atoms with Crippen molar-refractivity contribution in [3.8, 4) is 5.75 Å². The van der Waals surface area contributed by atoms with E-state index in [-0.39, 0.29) is 6.61 Å². The Morgan fingerprint density at radius 1 is 1.12 bits per heavy atom. The predicted molar refractivity (Wildman–Crippen MR) is 123 cm³/mol. The highest BCUT2D eigenvalue weighted by atomic mass is 16.6. The number of carbonyl (C=O) groups is 1. The number of hydrogen-bond donors (Lipinski definition) is 2. The van der Waals surface area contributed by atoms with Gasteiger partial charge in [0.25, 0.3) is 0 Å². The van der Waals surface area contributed by atoms with Crippen molar-refractivity contribution in [1.29, 1.82) is 0 Å². The van der Waals surface area contributed by atoms with Crippen molar-refractivity contribution in [2.45, 2.75) is 19.3 Å². The lowest BCUT2D eigenvalue weighted by molar-refractivity contribution is -0.139. The van der Waals surface area contributed by atoms with Gasteiger partial charge in [-0.15, -0.1) is 0 Å². The molecule has 3 aromatic rings. The maximum Gasteiger partial charge on any atom is 0.341 e. The van der Waals surface area contributed by atoms with Gasteiger partial charge in [-0.05, 0) is 65.6 Å². The molecule has 0 fully saturated rings. The van der Waals surface area contributed by atoms with Crippen molar-refractivity contribution in [2.24, 2.45) is 5.92 Å². The number of ether oxygens (including phenoxy) is 1. The van der Waals surface area contributed by atoms with Gasteiger partial charge in [-0.3, -0.25) is 15.3 Å². The molecule has 1 aliphatic rings. The average molecular weight is 431 g/mol. The van der Waals surface area contributed by atoms with E-state index in [0.717, 1.165) is 41.6 Å². The first-order chi connectivity index (χ1) is 15.7. The van der Waals surface area contributed by atoms with Gasteiger partial charge in [0, 0.05) is 12.4 Å². The highest BCUT2D eigenvalue weighted by Crippen LogP contribution is 2.32. The largest absolute Gasteiger partial charge is 0.482 e. The van der Waals surface area contributed by atoms with E-state index in [4.69, 9.17) is 14.7 Å². The van der Waals surface area contributed by atoms with Crippen molar-refractivity contribution >= 4 is 17.7 Å². The molecule has 0 amide bonds. The number of carboxylic acid groups (broad SMARTS) is 1. The lowest BCUT2D eigenvalue weighted by Crippen LogP contribution is -2.24. The molecule has 2 aromatic carbocycles. The first kappa shape index (κ1) is 21.6. The molecule has 32 heavy (non-hydrogen) atoms. The maximum atomic E-state index is 10.8. The molecule has 0 bridgehead atoms. The molecule has 164 valence electrons. The summed E-state index contributed by atoms with van der Waals surface area (Å²) in [5.74, 6) is 0.0672. The minimum atomic E-state index is -0.968. The van der Waals surface area contributed by atoms with Crippen LogP contribution in [0.3, 0.4) is 0 Å². The molecular formula is C26H26N2O4. The monoisotopic (exact) mass is 430 g/mol. The zero-order chi connectivity index (χ0) is 22.2. The number of hydrogen-bond acceptors (Lipinski definition) is 5. The zero-order valence-electron chi connectivity index (χ0n) is 17.7. The number of nitrogens with one attached hydrogen (secondary N) is 1. The molecule has 0 saturated carbocycles. The standard InChI is InChI=1S/C26H26N2O4/c29-26(30)18-31-25-10-4-9-22-14-20(11-12-23(22)25)17-32-28-24(21-7-2-1-3-8-21)15-19-6-5-13-27-16-19/h1-10,13,15-16,20,28H,11-12,14,17-18H2,(H,29,30). The van der Waals surface area contributed by atoms with Crippen LogP contribution in [0.5, 0.6) is 5.75 Å². The number of benzene rings is 2. The van der Waals surface area contributed by atoms with Crippen molar-refractivity contribution in [3.63, 3.8) is 0 Å². The van der Waals surface area contributed by atoms with Crippen LogP contribution in [0, 0.1) is 5.92 Å². The molecular weight excluding hydrogens is 404 g/mol. The average Bonchev–Trinajstić information content (AvgIpc) is 2.83. The molecule has 0 aliphatic heterocycles. The van der Waals surface area contributed by atoms with Crippen LogP contribution >= 0.6 is 0 Å². The SMILES string of the molecule is O=C(O)COc1cccc2c1CCC(CONC(=Cc1cccnc1)c1ccccc1)C2. The Hall–Kier alpha value is -3.64. The molecule has 0 spiro atoms. The van der Waals surface area contributed by atoms with E-state index in [0.29, 0.717) is 18.3 Å². The van der Waals surface area contributed by atoms with E-state index in [1.165, 1.54) is 5.56 Å². The van der Waals surface area contributed by atoms with Gasteiger partial charge in [0.05, 0.1) is 12.3 Å². The van der Waals surface area contributed by atoms with Gasteiger partial charge in [0.1, 0.15) is 5.75 Å². The van der Waals surface area contributed by atoms with Gasteiger partial charge in [-0.1, -0.05) is 48.5 Å². The topological polar surface area (TPSA) is 80.7 Å². The van der Waals surface area contributed by atoms with Crippen molar-refractivity contribution in [3.05, 3.63) is 95.3 Å². The summed E-state index contributed by atoms with van der Waals surface area (Å²) in [5.41, 5.74) is 8.35. The van der Waals surface area contributed by atoms with Crippen LogP contribution in [0.4, 0.5) is 0 Å². The van der Waals surface area contributed by atoms with Crippen LogP contribution in [0.1, 0.15) is 28.7 Å². The van der Waals surface area contributed by atoms with Gasteiger partial charge < -0.3 is 9.84 Å². The fraction of sp³-hybridized carbons (Fsp3) is 0.231. The van der Waals surface area contributed by atoms with Crippen molar-refractivity contribution in [2.75, 3.05) is 13.2 Å². The van der Waals surface area contributed by atoms with Gasteiger partial charge in [0.2, 0.25) is 0 Å². The zero-order valence-corrected chi connectivity index (χ0v) is 17.7. The Balaban J connectivity index is 1.39. The van der Waals surface area contributed by atoms with Gasteiger partial charge >= 0.3 is 5.97 Å². The number of hydroxylamine groups is 1.